The topological polar surface area (TPSA) is 85.2 Å². The van der Waals surface area contributed by atoms with Crippen molar-refractivity contribution in [2.45, 2.75) is 26.7 Å². The van der Waals surface area contributed by atoms with Gasteiger partial charge in [-0.1, -0.05) is 30.0 Å². The number of hydrogen-bond acceptors (Lipinski definition) is 8. The Morgan fingerprint density at radius 1 is 1.28 bits per heavy atom. The van der Waals surface area contributed by atoms with E-state index in [0.29, 0.717) is 65.6 Å². The van der Waals surface area contributed by atoms with Gasteiger partial charge < -0.3 is 14.8 Å². The number of carbonyl (C=O) groups excluding carboxylic acids is 1. The number of thiocarbonyl (C=S) groups is 1. The summed E-state index contributed by atoms with van der Waals surface area (Å²) >= 11 is 6.61. The van der Waals surface area contributed by atoms with E-state index in [1.54, 1.807) is 30.3 Å². The van der Waals surface area contributed by atoms with E-state index in [1.807, 2.05) is 19.9 Å². The number of methoxy groups -OCH3 is 1. The van der Waals surface area contributed by atoms with Crippen LogP contribution in [-0.4, -0.2) is 64.5 Å². The smallest absolute Gasteiger partial charge is 0.267 e. The van der Waals surface area contributed by atoms with Crippen LogP contribution in [0.4, 0.5) is 5.82 Å². The quantitative estimate of drug-likeness (QED) is 0.301. The standard InChI is InChI=1S/C22H28N4O4S2/c1-4-30-13-7-11-26-21(28)17(32-22(26)31)14-16-18(23-9-6-12-29-3)24-19-15(2)8-5-10-25(19)20(16)27/h5,8,10,14,23H,4,6-7,9,11-13H2,1-3H3. The van der Waals surface area contributed by atoms with Crippen LogP contribution in [0.5, 0.6) is 0 Å². The van der Waals surface area contributed by atoms with E-state index in [2.05, 4.69) is 5.32 Å². The highest BCUT2D eigenvalue weighted by molar-refractivity contribution is 8.26. The molecule has 2 aromatic heterocycles. The Kier molecular flexibility index (Phi) is 8.80. The Labute approximate surface area is 197 Å². The number of nitrogens with one attached hydrogen (secondary N) is 1. The minimum Gasteiger partial charge on any atom is -0.385 e. The predicted molar refractivity (Wildman–Crippen MR) is 132 cm³/mol. The summed E-state index contributed by atoms with van der Waals surface area (Å²) in [5, 5.41) is 3.24. The third-order valence-corrected chi connectivity index (χ3v) is 6.30. The monoisotopic (exact) mass is 476 g/mol. The highest BCUT2D eigenvalue weighted by atomic mass is 32.2. The number of thioether (sulfide) groups is 1. The van der Waals surface area contributed by atoms with Crippen LogP contribution in [0.3, 0.4) is 0 Å². The lowest BCUT2D eigenvalue weighted by atomic mass is 10.2. The number of carbonyl (C=O) groups is 1. The van der Waals surface area contributed by atoms with Gasteiger partial charge in [0.2, 0.25) is 0 Å². The second-order valence-corrected chi connectivity index (χ2v) is 8.90. The summed E-state index contributed by atoms with van der Waals surface area (Å²) < 4.78 is 12.4. The van der Waals surface area contributed by atoms with Crippen molar-refractivity contribution in [3.63, 3.8) is 0 Å². The Bertz CT molecular complexity index is 1080. The Morgan fingerprint density at radius 3 is 2.84 bits per heavy atom. The number of pyridine rings is 1. The average Bonchev–Trinajstić information content (AvgIpc) is 3.04. The summed E-state index contributed by atoms with van der Waals surface area (Å²) in [6, 6.07) is 3.71. The maximum absolute atomic E-state index is 13.3. The van der Waals surface area contributed by atoms with Crippen molar-refractivity contribution in [3.05, 3.63) is 44.7 Å². The fourth-order valence-corrected chi connectivity index (χ4v) is 4.58. The average molecular weight is 477 g/mol. The molecule has 0 saturated carbocycles. The van der Waals surface area contributed by atoms with Crippen LogP contribution in [0.2, 0.25) is 0 Å². The van der Waals surface area contributed by atoms with Gasteiger partial charge in [0.25, 0.3) is 11.5 Å². The molecule has 1 saturated heterocycles. The van der Waals surface area contributed by atoms with Gasteiger partial charge in [0.05, 0.1) is 10.5 Å². The van der Waals surface area contributed by atoms with E-state index >= 15 is 0 Å². The minimum absolute atomic E-state index is 0.199. The van der Waals surface area contributed by atoms with E-state index in [0.717, 1.165) is 12.0 Å². The van der Waals surface area contributed by atoms with E-state index < -0.39 is 0 Å². The molecule has 1 N–H and O–H groups in total. The zero-order valence-electron chi connectivity index (χ0n) is 18.6. The Hall–Kier alpha value is -2.27. The van der Waals surface area contributed by atoms with Crippen LogP contribution in [0, 0.1) is 6.92 Å². The van der Waals surface area contributed by atoms with E-state index in [1.165, 1.54) is 16.2 Å². The SMILES string of the molecule is CCOCCCN1C(=O)C(=Cc2c(NCCCOC)nc3c(C)cccn3c2=O)SC1=S. The van der Waals surface area contributed by atoms with Gasteiger partial charge in [0, 0.05) is 46.2 Å². The molecule has 172 valence electrons. The van der Waals surface area contributed by atoms with Crippen molar-refractivity contribution in [3.8, 4) is 0 Å². The molecule has 0 spiro atoms. The summed E-state index contributed by atoms with van der Waals surface area (Å²) in [6.45, 7) is 6.70. The summed E-state index contributed by atoms with van der Waals surface area (Å²) in [6.07, 6.45) is 4.74. The number of nitrogens with zero attached hydrogens (tertiary/aromatic N) is 3. The third kappa shape index (κ3) is 5.55. The normalized spacial score (nSPS) is 15.3. The molecule has 0 unspecified atom stereocenters. The molecule has 1 amide bonds. The molecular weight excluding hydrogens is 448 g/mol. The maximum Gasteiger partial charge on any atom is 0.267 e. The highest BCUT2D eigenvalue weighted by Crippen LogP contribution is 2.33. The van der Waals surface area contributed by atoms with Crippen LogP contribution in [0.15, 0.2) is 28.0 Å². The highest BCUT2D eigenvalue weighted by Gasteiger charge is 2.32. The van der Waals surface area contributed by atoms with Gasteiger partial charge in [-0.3, -0.25) is 18.9 Å². The molecule has 3 rings (SSSR count). The molecule has 0 atom stereocenters. The van der Waals surface area contributed by atoms with Crippen molar-refractivity contribution >= 4 is 51.7 Å². The van der Waals surface area contributed by atoms with Crippen LogP contribution >= 0.6 is 24.0 Å². The molecule has 0 bridgehead atoms. The zero-order valence-corrected chi connectivity index (χ0v) is 20.2. The number of rotatable bonds is 11. The Balaban J connectivity index is 1.95. The van der Waals surface area contributed by atoms with Gasteiger partial charge in [0.1, 0.15) is 15.8 Å². The van der Waals surface area contributed by atoms with Crippen LogP contribution in [-0.2, 0) is 14.3 Å². The maximum atomic E-state index is 13.3. The number of anilines is 1. The molecule has 1 aliphatic rings. The van der Waals surface area contributed by atoms with Crippen molar-refractivity contribution < 1.29 is 14.3 Å². The second kappa shape index (κ2) is 11.6. The van der Waals surface area contributed by atoms with Gasteiger partial charge in [0.15, 0.2) is 0 Å². The third-order valence-electron chi connectivity index (χ3n) is 4.93. The molecule has 3 heterocycles. The summed E-state index contributed by atoms with van der Waals surface area (Å²) in [4.78, 5) is 33.0. The van der Waals surface area contributed by atoms with E-state index in [-0.39, 0.29) is 11.5 Å². The molecule has 0 aromatic carbocycles. The van der Waals surface area contributed by atoms with Crippen molar-refractivity contribution in [1.82, 2.24) is 14.3 Å². The van der Waals surface area contributed by atoms with Gasteiger partial charge in [-0.15, -0.1) is 0 Å². The van der Waals surface area contributed by atoms with Gasteiger partial charge in [-0.05, 0) is 44.4 Å². The molecule has 32 heavy (non-hydrogen) atoms. The van der Waals surface area contributed by atoms with Crippen molar-refractivity contribution in [1.29, 1.82) is 0 Å². The summed E-state index contributed by atoms with van der Waals surface area (Å²) in [7, 11) is 1.64. The molecular formula is C22H28N4O4S2. The first-order chi connectivity index (χ1) is 15.5. The Morgan fingerprint density at radius 2 is 2.09 bits per heavy atom. The fourth-order valence-electron chi connectivity index (χ4n) is 3.29. The number of hydrogen-bond donors (Lipinski definition) is 1. The van der Waals surface area contributed by atoms with Gasteiger partial charge >= 0.3 is 0 Å². The molecule has 0 radical (unpaired) electrons. The molecule has 0 aliphatic carbocycles. The minimum atomic E-state index is -0.241. The van der Waals surface area contributed by atoms with E-state index in [4.69, 9.17) is 26.7 Å². The van der Waals surface area contributed by atoms with Crippen LogP contribution in [0.25, 0.3) is 11.7 Å². The molecule has 1 fully saturated rings. The lowest BCUT2D eigenvalue weighted by molar-refractivity contribution is -0.122. The molecule has 2 aromatic rings. The molecule has 10 heteroatoms. The van der Waals surface area contributed by atoms with Gasteiger partial charge in [-0.25, -0.2) is 4.98 Å². The van der Waals surface area contributed by atoms with Gasteiger partial charge in [-0.2, -0.15) is 0 Å². The molecule has 1 aliphatic heterocycles. The first-order valence-electron chi connectivity index (χ1n) is 10.6. The molecule has 8 nitrogen and oxygen atoms in total. The second-order valence-electron chi connectivity index (χ2n) is 7.22. The van der Waals surface area contributed by atoms with Crippen molar-refractivity contribution in [2.24, 2.45) is 0 Å². The largest absolute Gasteiger partial charge is 0.385 e. The lowest BCUT2D eigenvalue weighted by Gasteiger charge is -2.14. The number of aromatic nitrogens is 2. The number of aryl methyl sites for hydroxylation is 1. The van der Waals surface area contributed by atoms with Crippen LogP contribution in [0.1, 0.15) is 30.9 Å². The number of ether oxygens (including phenoxy) is 2. The van der Waals surface area contributed by atoms with Crippen LogP contribution < -0.4 is 10.9 Å². The van der Waals surface area contributed by atoms with Crippen molar-refractivity contribution in [2.75, 3.05) is 45.3 Å². The lowest BCUT2D eigenvalue weighted by Crippen LogP contribution is -2.29. The first kappa shape index (κ1) is 24.4. The number of fused-ring (bicyclic) bond motifs is 1. The first-order valence-corrected chi connectivity index (χ1v) is 11.8. The fraction of sp³-hybridized carbons (Fsp3) is 0.455. The number of amides is 1. The summed E-state index contributed by atoms with van der Waals surface area (Å²) in [5.41, 5.74) is 1.55. The summed E-state index contributed by atoms with van der Waals surface area (Å²) in [5.74, 6) is 0.248. The van der Waals surface area contributed by atoms with E-state index in [9.17, 15) is 9.59 Å². The zero-order chi connectivity index (χ0) is 23.1. The predicted octanol–water partition coefficient (Wildman–Crippen LogP) is 3.08.